The molecule has 2 amide bonds. The maximum absolute atomic E-state index is 13.0. The van der Waals surface area contributed by atoms with Crippen LogP contribution in [-0.2, 0) is 19.2 Å². The van der Waals surface area contributed by atoms with Crippen LogP contribution in [-0.4, -0.2) is 67.8 Å². The number of carbonyl (C=O) groups excluding carboxylic acids is 3. The van der Waals surface area contributed by atoms with E-state index in [4.69, 9.17) is 5.11 Å². The molecule has 5 atom stereocenters. The highest BCUT2D eigenvalue weighted by Crippen LogP contribution is 2.37. The summed E-state index contributed by atoms with van der Waals surface area (Å²) in [6.45, 7) is 6.28. The molecule has 154 valence electrons. The minimum Gasteiger partial charge on any atom is -0.480 e. The van der Waals surface area contributed by atoms with Crippen LogP contribution in [0.1, 0.15) is 40.5 Å². The third kappa shape index (κ3) is 4.99. The van der Waals surface area contributed by atoms with E-state index in [1.165, 1.54) is 0 Å². The second-order valence-electron chi connectivity index (χ2n) is 7.08. The Hall–Kier alpha value is -1.65. The van der Waals surface area contributed by atoms with Crippen molar-refractivity contribution in [1.82, 2.24) is 10.6 Å². The minimum atomic E-state index is -1.92. The SMILES string of the molecule is CCC[C@H]1C(=O)N[C@](C(=O)SC[C@H](NC(C)=O)C(=O)O)([C@@H](O)C(C)C)[C@H]1O. The third-order valence-electron chi connectivity index (χ3n) is 4.61. The average molecular weight is 404 g/mol. The maximum atomic E-state index is 13.0. The molecule has 0 radical (unpaired) electrons. The summed E-state index contributed by atoms with van der Waals surface area (Å²) in [5.41, 5.74) is -1.92. The van der Waals surface area contributed by atoms with Gasteiger partial charge in [-0.2, -0.15) is 0 Å². The summed E-state index contributed by atoms with van der Waals surface area (Å²) in [5, 5.41) is 34.5. The standard InChI is InChI=1S/C17H28N2O7S/c1-5-6-10-13(22)17(19-14(10)23,12(21)8(2)3)16(26)27-7-11(15(24)25)18-9(4)20/h8,10-13,21-22H,5-7H2,1-4H3,(H,18,20)(H,19,23)(H,24,25)/t10-,11+,12+,13+,17-/m1/s1. The number of amides is 2. The fourth-order valence-corrected chi connectivity index (χ4v) is 4.27. The molecule has 1 aliphatic rings. The van der Waals surface area contributed by atoms with Gasteiger partial charge in [-0.25, -0.2) is 4.79 Å². The molecule has 0 aromatic rings. The molecule has 0 saturated carbocycles. The van der Waals surface area contributed by atoms with Crippen LogP contribution in [0.5, 0.6) is 0 Å². The van der Waals surface area contributed by atoms with Gasteiger partial charge in [0.1, 0.15) is 6.04 Å². The number of carboxylic acid groups (broad SMARTS) is 1. The van der Waals surface area contributed by atoms with E-state index in [0.29, 0.717) is 24.6 Å². The van der Waals surface area contributed by atoms with Gasteiger partial charge in [0.05, 0.1) is 18.1 Å². The van der Waals surface area contributed by atoms with Crippen molar-refractivity contribution in [2.24, 2.45) is 11.8 Å². The Balaban J connectivity index is 3.11. The van der Waals surface area contributed by atoms with Gasteiger partial charge in [-0.15, -0.1) is 0 Å². The molecule has 0 aromatic heterocycles. The lowest BCUT2D eigenvalue weighted by Crippen LogP contribution is -2.64. The molecule has 1 rings (SSSR count). The number of rotatable bonds is 9. The smallest absolute Gasteiger partial charge is 0.327 e. The van der Waals surface area contributed by atoms with Crippen molar-refractivity contribution in [1.29, 1.82) is 0 Å². The Morgan fingerprint density at radius 2 is 1.93 bits per heavy atom. The van der Waals surface area contributed by atoms with E-state index >= 15 is 0 Å². The molecule has 1 fully saturated rings. The van der Waals surface area contributed by atoms with Crippen LogP contribution in [0, 0.1) is 11.8 Å². The monoisotopic (exact) mass is 404 g/mol. The number of carboxylic acids is 1. The normalized spacial score (nSPS) is 27.1. The van der Waals surface area contributed by atoms with Gasteiger partial charge < -0.3 is 26.0 Å². The lowest BCUT2D eigenvalue weighted by atomic mass is 9.79. The van der Waals surface area contributed by atoms with Crippen molar-refractivity contribution in [3.8, 4) is 0 Å². The van der Waals surface area contributed by atoms with Crippen molar-refractivity contribution in [2.75, 3.05) is 5.75 Å². The van der Waals surface area contributed by atoms with Crippen LogP contribution < -0.4 is 10.6 Å². The van der Waals surface area contributed by atoms with Gasteiger partial charge in [0.15, 0.2) is 5.54 Å². The Morgan fingerprint density at radius 3 is 2.37 bits per heavy atom. The summed E-state index contributed by atoms with van der Waals surface area (Å²) < 4.78 is 0. The fraction of sp³-hybridized carbons (Fsp3) is 0.765. The first kappa shape index (κ1) is 23.4. The Morgan fingerprint density at radius 1 is 1.33 bits per heavy atom. The lowest BCUT2D eigenvalue weighted by Gasteiger charge is -2.37. The summed E-state index contributed by atoms with van der Waals surface area (Å²) >= 11 is 0.553. The highest BCUT2D eigenvalue weighted by Gasteiger charge is 2.61. The number of hydrogen-bond acceptors (Lipinski definition) is 7. The number of carbonyl (C=O) groups is 4. The number of aliphatic hydroxyl groups is 2. The summed E-state index contributed by atoms with van der Waals surface area (Å²) in [7, 11) is 0. The molecule has 0 aliphatic carbocycles. The second-order valence-corrected chi connectivity index (χ2v) is 8.07. The van der Waals surface area contributed by atoms with Crippen LogP contribution in [0.2, 0.25) is 0 Å². The molecule has 0 unspecified atom stereocenters. The second kappa shape index (κ2) is 9.52. The minimum absolute atomic E-state index is 0.304. The molecule has 0 aromatic carbocycles. The highest BCUT2D eigenvalue weighted by atomic mass is 32.2. The van der Waals surface area contributed by atoms with E-state index in [2.05, 4.69) is 10.6 Å². The first-order chi connectivity index (χ1) is 12.5. The van der Waals surface area contributed by atoms with E-state index in [0.717, 1.165) is 6.92 Å². The molecule has 1 heterocycles. The van der Waals surface area contributed by atoms with Crippen LogP contribution >= 0.6 is 11.8 Å². The quantitative estimate of drug-likeness (QED) is 0.345. The zero-order chi connectivity index (χ0) is 20.9. The summed E-state index contributed by atoms with van der Waals surface area (Å²) in [4.78, 5) is 47.6. The predicted molar refractivity (Wildman–Crippen MR) is 98.8 cm³/mol. The van der Waals surface area contributed by atoms with Crippen molar-refractivity contribution in [3.05, 3.63) is 0 Å². The molecule has 0 spiro atoms. The number of aliphatic hydroxyl groups excluding tert-OH is 2. The lowest BCUT2D eigenvalue weighted by molar-refractivity contribution is -0.140. The van der Waals surface area contributed by atoms with E-state index in [1.54, 1.807) is 13.8 Å². The molecule has 9 nitrogen and oxygen atoms in total. The van der Waals surface area contributed by atoms with E-state index in [9.17, 15) is 29.4 Å². The van der Waals surface area contributed by atoms with Crippen LogP contribution in [0.4, 0.5) is 0 Å². The highest BCUT2D eigenvalue weighted by molar-refractivity contribution is 8.13. The average Bonchev–Trinajstić information content (AvgIpc) is 2.82. The molecule has 27 heavy (non-hydrogen) atoms. The predicted octanol–water partition coefficient (Wildman–Crippen LogP) is -0.502. The van der Waals surface area contributed by atoms with Crippen molar-refractivity contribution >= 4 is 34.7 Å². The van der Waals surface area contributed by atoms with Gasteiger partial charge in [0.25, 0.3) is 0 Å². The largest absolute Gasteiger partial charge is 0.480 e. The van der Waals surface area contributed by atoms with Crippen molar-refractivity contribution in [3.63, 3.8) is 0 Å². The Labute approximate surface area is 162 Å². The van der Waals surface area contributed by atoms with Gasteiger partial charge in [0.2, 0.25) is 16.9 Å². The molecule has 0 bridgehead atoms. The maximum Gasteiger partial charge on any atom is 0.327 e. The van der Waals surface area contributed by atoms with Crippen molar-refractivity contribution in [2.45, 2.75) is 64.3 Å². The molecular weight excluding hydrogens is 376 g/mol. The molecule has 1 saturated heterocycles. The first-order valence-corrected chi connectivity index (χ1v) is 9.82. The summed E-state index contributed by atoms with van der Waals surface area (Å²) in [6, 6.07) is -1.31. The molecule has 1 aliphatic heterocycles. The van der Waals surface area contributed by atoms with Crippen molar-refractivity contribution < 1.29 is 34.5 Å². The molecule has 10 heteroatoms. The van der Waals surface area contributed by atoms with Gasteiger partial charge in [-0.1, -0.05) is 39.0 Å². The zero-order valence-electron chi connectivity index (χ0n) is 15.9. The van der Waals surface area contributed by atoms with E-state index in [1.807, 2.05) is 6.92 Å². The summed E-state index contributed by atoms with van der Waals surface area (Å²) in [5.74, 6) is -3.99. The zero-order valence-corrected chi connectivity index (χ0v) is 16.7. The topological polar surface area (TPSA) is 153 Å². The van der Waals surface area contributed by atoms with E-state index < -0.39 is 58.5 Å². The number of thioether (sulfide) groups is 1. The molecular formula is C17H28N2O7S. The van der Waals surface area contributed by atoms with Crippen LogP contribution in [0.25, 0.3) is 0 Å². The van der Waals surface area contributed by atoms with Gasteiger partial charge >= 0.3 is 5.97 Å². The Kier molecular flexibility index (Phi) is 8.24. The fourth-order valence-electron chi connectivity index (χ4n) is 3.20. The van der Waals surface area contributed by atoms with Crippen LogP contribution in [0.3, 0.4) is 0 Å². The van der Waals surface area contributed by atoms with Gasteiger partial charge in [-0.3, -0.25) is 14.4 Å². The van der Waals surface area contributed by atoms with E-state index in [-0.39, 0.29) is 5.75 Å². The number of nitrogens with one attached hydrogen (secondary N) is 2. The molecule has 5 N–H and O–H groups in total. The number of aliphatic carboxylic acids is 1. The first-order valence-electron chi connectivity index (χ1n) is 8.84. The van der Waals surface area contributed by atoms with Crippen LogP contribution in [0.15, 0.2) is 0 Å². The summed E-state index contributed by atoms with van der Waals surface area (Å²) in [6.07, 6.45) is -1.84. The third-order valence-corrected chi connectivity index (χ3v) is 5.71. The van der Waals surface area contributed by atoms with Gasteiger partial charge in [-0.05, 0) is 12.3 Å². The van der Waals surface area contributed by atoms with Gasteiger partial charge in [0, 0.05) is 12.7 Å². The Bertz CT molecular complexity index is 598. The number of hydrogen-bond donors (Lipinski definition) is 5.